The van der Waals surface area contributed by atoms with E-state index in [0.29, 0.717) is 30.9 Å². The maximum atomic E-state index is 11.5. The molecule has 0 fully saturated rings. The predicted octanol–water partition coefficient (Wildman–Crippen LogP) is 6.19. The number of carbonyl (C=O) groups is 3. The number of aryl methyl sites for hydroxylation is 2. The average Bonchev–Trinajstić information content (AvgIpc) is 2.74. The summed E-state index contributed by atoms with van der Waals surface area (Å²) in [5.41, 5.74) is 0.894. The fraction of sp³-hybridized carbons (Fsp3) is 0.536. The van der Waals surface area contributed by atoms with E-state index in [9.17, 15) is 14.4 Å². The van der Waals surface area contributed by atoms with Gasteiger partial charge in [0.2, 0.25) is 0 Å². The third kappa shape index (κ3) is 17.8. The van der Waals surface area contributed by atoms with Crippen LogP contribution in [0.4, 0.5) is 21.2 Å². The standard InChI is InChI=1S/C13H20N2O3.C13H18N2O3.2CH4/c2*1-13(2,3)18-12(17)15-11-9-10(5-4-8-16)6-7-14-11;;/h6-7,9,16H,4-5,8H2,1-3H3,(H,14,15,17);6-9H,4-5H2,1-3H3,(H,14,15,17);2*1H4. The molecule has 0 aliphatic carbocycles. The summed E-state index contributed by atoms with van der Waals surface area (Å²) >= 11 is 0. The second-order valence-corrected chi connectivity index (χ2v) is 9.88. The first-order valence-corrected chi connectivity index (χ1v) is 11.8. The fourth-order valence-corrected chi connectivity index (χ4v) is 2.72. The van der Waals surface area contributed by atoms with Crippen molar-refractivity contribution < 1.29 is 29.0 Å². The molecule has 10 heteroatoms. The third-order valence-electron chi connectivity index (χ3n) is 4.08. The molecule has 214 valence electrons. The van der Waals surface area contributed by atoms with Crippen molar-refractivity contribution in [1.29, 1.82) is 0 Å². The Balaban J connectivity index is 0. The molecule has 0 atom stereocenters. The summed E-state index contributed by atoms with van der Waals surface area (Å²) in [7, 11) is 0. The Morgan fingerprint density at radius 3 is 1.63 bits per heavy atom. The number of aliphatic hydroxyl groups excluding tert-OH is 1. The van der Waals surface area contributed by atoms with E-state index in [0.717, 1.165) is 23.8 Å². The van der Waals surface area contributed by atoms with Gasteiger partial charge < -0.3 is 19.4 Å². The Kier molecular flexibility index (Phi) is 17.2. The molecule has 2 heterocycles. The molecule has 0 unspecified atom stereocenters. The summed E-state index contributed by atoms with van der Waals surface area (Å²) in [5, 5.41) is 13.9. The number of nitrogens with one attached hydrogen (secondary N) is 2. The first kappa shape index (κ1) is 36.6. The van der Waals surface area contributed by atoms with Crippen LogP contribution in [0.2, 0.25) is 0 Å². The van der Waals surface area contributed by atoms with Crippen molar-refractivity contribution in [1.82, 2.24) is 9.97 Å². The van der Waals surface area contributed by atoms with Crippen LogP contribution in [0.3, 0.4) is 0 Å². The number of anilines is 2. The summed E-state index contributed by atoms with van der Waals surface area (Å²) in [6.45, 7) is 10.9. The zero-order chi connectivity index (χ0) is 27.2. The summed E-state index contributed by atoms with van der Waals surface area (Å²) in [5.74, 6) is 0.882. The summed E-state index contributed by atoms with van der Waals surface area (Å²) in [4.78, 5) is 41.4. The van der Waals surface area contributed by atoms with Crippen molar-refractivity contribution in [3.05, 3.63) is 47.8 Å². The number of aldehydes is 1. The Morgan fingerprint density at radius 2 is 1.26 bits per heavy atom. The number of nitrogens with zero attached hydrogens (tertiary/aromatic N) is 2. The number of ether oxygens (including phenoxy) is 2. The molecule has 0 saturated heterocycles. The Morgan fingerprint density at radius 1 is 0.842 bits per heavy atom. The molecule has 3 N–H and O–H groups in total. The molecule has 0 radical (unpaired) electrons. The van der Waals surface area contributed by atoms with Crippen LogP contribution < -0.4 is 10.6 Å². The molecular formula is C28H46N4O6. The van der Waals surface area contributed by atoms with E-state index in [1.807, 2.05) is 12.1 Å². The summed E-state index contributed by atoms with van der Waals surface area (Å²) < 4.78 is 10.2. The molecular weight excluding hydrogens is 488 g/mol. The van der Waals surface area contributed by atoms with Crippen LogP contribution in [0.5, 0.6) is 0 Å². The van der Waals surface area contributed by atoms with Crippen molar-refractivity contribution in [2.45, 2.75) is 93.3 Å². The Hall–Kier alpha value is -3.53. The van der Waals surface area contributed by atoms with E-state index in [2.05, 4.69) is 20.6 Å². The second kappa shape index (κ2) is 17.8. The van der Waals surface area contributed by atoms with Gasteiger partial charge in [-0.2, -0.15) is 0 Å². The largest absolute Gasteiger partial charge is 0.444 e. The molecule has 10 nitrogen and oxygen atoms in total. The van der Waals surface area contributed by atoms with Gasteiger partial charge in [0.25, 0.3) is 0 Å². The number of amides is 2. The Labute approximate surface area is 227 Å². The molecule has 0 spiro atoms. The van der Waals surface area contributed by atoms with Crippen LogP contribution in [0.25, 0.3) is 0 Å². The zero-order valence-electron chi connectivity index (χ0n) is 22.0. The lowest BCUT2D eigenvalue weighted by molar-refractivity contribution is -0.107. The molecule has 0 aliphatic rings. The molecule has 0 saturated carbocycles. The van der Waals surface area contributed by atoms with E-state index in [1.165, 1.54) is 0 Å². The summed E-state index contributed by atoms with van der Waals surface area (Å²) in [6.07, 6.45) is 5.55. The average molecular weight is 535 g/mol. The highest BCUT2D eigenvalue weighted by molar-refractivity contribution is 5.84. The minimum absolute atomic E-state index is 0. The number of aromatic nitrogens is 2. The lowest BCUT2D eigenvalue weighted by atomic mass is 10.1. The number of aliphatic hydroxyl groups is 1. The molecule has 0 bridgehead atoms. The lowest BCUT2D eigenvalue weighted by Crippen LogP contribution is -2.27. The highest BCUT2D eigenvalue weighted by Crippen LogP contribution is 2.13. The normalized spacial score (nSPS) is 10.4. The van der Waals surface area contributed by atoms with Crippen LogP contribution in [0.1, 0.15) is 80.4 Å². The van der Waals surface area contributed by atoms with Gasteiger partial charge in [-0.3, -0.25) is 10.6 Å². The van der Waals surface area contributed by atoms with Gasteiger partial charge in [-0.05, 0) is 96.2 Å². The van der Waals surface area contributed by atoms with E-state index >= 15 is 0 Å². The van der Waals surface area contributed by atoms with Gasteiger partial charge in [-0.25, -0.2) is 19.6 Å². The quantitative estimate of drug-likeness (QED) is 0.341. The van der Waals surface area contributed by atoms with Crippen LogP contribution in [-0.2, 0) is 27.1 Å². The third-order valence-corrected chi connectivity index (χ3v) is 4.08. The van der Waals surface area contributed by atoms with Crippen LogP contribution in [-0.4, -0.2) is 51.4 Å². The minimum atomic E-state index is -0.542. The highest BCUT2D eigenvalue weighted by Gasteiger charge is 2.17. The van der Waals surface area contributed by atoms with Crippen LogP contribution >= 0.6 is 0 Å². The monoisotopic (exact) mass is 534 g/mol. The van der Waals surface area contributed by atoms with E-state index in [-0.39, 0.29) is 21.5 Å². The molecule has 0 aromatic carbocycles. The molecule has 38 heavy (non-hydrogen) atoms. The second-order valence-electron chi connectivity index (χ2n) is 9.88. The van der Waals surface area contributed by atoms with E-state index in [4.69, 9.17) is 14.6 Å². The molecule has 2 amide bonds. The smallest absolute Gasteiger partial charge is 0.413 e. The fourth-order valence-electron chi connectivity index (χ4n) is 2.72. The number of rotatable bonds is 8. The molecule has 2 aromatic heterocycles. The van der Waals surface area contributed by atoms with Gasteiger partial charge in [-0.15, -0.1) is 0 Å². The van der Waals surface area contributed by atoms with Gasteiger partial charge in [0, 0.05) is 25.4 Å². The highest BCUT2D eigenvalue weighted by atomic mass is 16.6. The van der Waals surface area contributed by atoms with E-state index < -0.39 is 23.4 Å². The number of hydrogen-bond donors (Lipinski definition) is 3. The van der Waals surface area contributed by atoms with Gasteiger partial charge in [0.05, 0.1) is 0 Å². The Bertz CT molecular complexity index is 984. The van der Waals surface area contributed by atoms with Crippen molar-refractivity contribution in [3.63, 3.8) is 0 Å². The lowest BCUT2D eigenvalue weighted by Gasteiger charge is -2.19. The minimum Gasteiger partial charge on any atom is -0.444 e. The maximum absolute atomic E-state index is 11.5. The van der Waals surface area contributed by atoms with Gasteiger partial charge in [0.15, 0.2) is 0 Å². The van der Waals surface area contributed by atoms with Gasteiger partial charge in [-0.1, -0.05) is 14.9 Å². The summed E-state index contributed by atoms with van der Waals surface area (Å²) in [6, 6.07) is 7.17. The topological polar surface area (TPSA) is 140 Å². The first-order chi connectivity index (χ1) is 16.8. The van der Waals surface area contributed by atoms with Crippen molar-refractivity contribution >= 4 is 30.1 Å². The number of pyridine rings is 2. The SMILES string of the molecule is C.C.CC(C)(C)OC(=O)Nc1cc(CCC=O)ccn1.CC(C)(C)OC(=O)Nc1cc(CCCO)ccn1. The van der Waals surface area contributed by atoms with Crippen molar-refractivity contribution in [3.8, 4) is 0 Å². The maximum Gasteiger partial charge on any atom is 0.413 e. The predicted molar refractivity (Wildman–Crippen MR) is 151 cm³/mol. The van der Waals surface area contributed by atoms with Gasteiger partial charge in [0.1, 0.15) is 29.1 Å². The van der Waals surface area contributed by atoms with Crippen molar-refractivity contribution in [2.24, 2.45) is 0 Å². The van der Waals surface area contributed by atoms with E-state index in [1.54, 1.807) is 66.1 Å². The first-order valence-electron chi connectivity index (χ1n) is 11.8. The molecule has 0 aliphatic heterocycles. The molecule has 2 aromatic rings. The van der Waals surface area contributed by atoms with Crippen LogP contribution in [0.15, 0.2) is 36.7 Å². The number of carbonyl (C=O) groups excluding carboxylic acids is 3. The van der Waals surface area contributed by atoms with Crippen LogP contribution in [0, 0.1) is 0 Å². The molecule has 2 rings (SSSR count). The van der Waals surface area contributed by atoms with Gasteiger partial charge >= 0.3 is 12.2 Å². The van der Waals surface area contributed by atoms with Crippen molar-refractivity contribution in [2.75, 3.05) is 17.2 Å². The zero-order valence-corrected chi connectivity index (χ0v) is 22.0. The number of hydrogen-bond acceptors (Lipinski definition) is 8.